The monoisotopic (exact) mass is 265 g/mol. The Morgan fingerprint density at radius 3 is 2.71 bits per heavy atom. The third kappa shape index (κ3) is 3.65. The Kier molecular flexibility index (Phi) is 5.02. The van der Waals surface area contributed by atoms with Gasteiger partial charge in [-0.3, -0.25) is 0 Å². The van der Waals surface area contributed by atoms with Crippen molar-refractivity contribution < 1.29 is 0 Å². The lowest BCUT2D eigenvalue weighted by Gasteiger charge is -2.06. The van der Waals surface area contributed by atoms with E-state index in [-0.39, 0.29) is 0 Å². The molecule has 1 aromatic rings. The fourth-order valence-electron chi connectivity index (χ4n) is 0.896. The Morgan fingerprint density at radius 1 is 1.43 bits per heavy atom. The zero-order valence-corrected chi connectivity index (χ0v) is 10.7. The van der Waals surface area contributed by atoms with E-state index in [2.05, 4.69) is 5.32 Å². The summed E-state index contributed by atoms with van der Waals surface area (Å²) in [5.41, 5.74) is 1.07. The lowest BCUT2D eigenvalue weighted by Crippen LogP contribution is -2.16. The van der Waals surface area contributed by atoms with Gasteiger partial charge in [-0.1, -0.05) is 41.5 Å². The Morgan fingerprint density at radius 2 is 2.14 bits per heavy atom. The van der Waals surface area contributed by atoms with Crippen LogP contribution in [0.1, 0.15) is 5.56 Å². The van der Waals surface area contributed by atoms with Crippen LogP contribution in [0.2, 0.25) is 10.0 Å². The van der Waals surface area contributed by atoms with E-state index in [1.165, 1.54) is 11.8 Å². The number of rotatable bonds is 2. The number of hydrogen-bond acceptors (Lipinski definition) is 2. The minimum absolute atomic E-state index is 0.570. The van der Waals surface area contributed by atoms with Crippen LogP contribution in [0.25, 0.3) is 0 Å². The summed E-state index contributed by atoms with van der Waals surface area (Å²) in [7, 11) is 0. The SMILES string of the molecule is CSC(=S)NCc1ccc(Cl)c(Cl)c1. The van der Waals surface area contributed by atoms with Crippen LogP contribution in [-0.2, 0) is 6.54 Å². The molecule has 0 saturated carbocycles. The molecule has 0 aliphatic carbocycles. The van der Waals surface area contributed by atoms with E-state index in [1.54, 1.807) is 6.07 Å². The van der Waals surface area contributed by atoms with Crippen molar-refractivity contribution in [1.82, 2.24) is 5.32 Å². The summed E-state index contributed by atoms with van der Waals surface area (Å²) in [5, 5.41) is 4.23. The molecule has 1 aromatic carbocycles. The third-order valence-corrected chi connectivity index (χ3v) is 3.50. The van der Waals surface area contributed by atoms with Crippen LogP contribution in [0.5, 0.6) is 0 Å². The Labute approximate surface area is 103 Å². The zero-order valence-electron chi connectivity index (χ0n) is 7.51. The number of thioether (sulfide) groups is 1. The standard InChI is InChI=1S/C9H9Cl2NS2/c1-14-9(13)12-5-6-2-3-7(10)8(11)4-6/h2-4H,5H2,1H3,(H,12,13). The number of thiocarbonyl (C=S) groups is 1. The van der Waals surface area contributed by atoms with E-state index < -0.39 is 0 Å². The van der Waals surface area contributed by atoms with E-state index in [9.17, 15) is 0 Å². The molecular formula is C9H9Cl2NS2. The predicted molar refractivity (Wildman–Crippen MR) is 69.4 cm³/mol. The molecule has 0 aromatic heterocycles. The van der Waals surface area contributed by atoms with Gasteiger partial charge < -0.3 is 5.32 Å². The van der Waals surface area contributed by atoms with E-state index >= 15 is 0 Å². The molecule has 0 spiro atoms. The zero-order chi connectivity index (χ0) is 10.6. The lowest BCUT2D eigenvalue weighted by molar-refractivity contribution is 0.940. The summed E-state index contributed by atoms with van der Waals surface area (Å²) in [6.07, 6.45) is 1.93. The molecule has 0 aliphatic heterocycles. The molecule has 0 amide bonds. The third-order valence-electron chi connectivity index (χ3n) is 1.61. The van der Waals surface area contributed by atoms with Crippen molar-refractivity contribution in [1.29, 1.82) is 0 Å². The lowest BCUT2D eigenvalue weighted by atomic mass is 10.2. The van der Waals surface area contributed by atoms with Crippen molar-refractivity contribution in [3.8, 4) is 0 Å². The molecule has 0 aliphatic rings. The van der Waals surface area contributed by atoms with Crippen molar-refractivity contribution >= 4 is 51.5 Å². The summed E-state index contributed by atoms with van der Waals surface area (Å²) in [5.74, 6) is 0. The highest BCUT2D eigenvalue weighted by molar-refractivity contribution is 8.22. The largest absolute Gasteiger partial charge is 0.367 e. The van der Waals surface area contributed by atoms with Gasteiger partial charge >= 0.3 is 0 Å². The Balaban J connectivity index is 2.60. The molecule has 0 atom stereocenters. The second kappa shape index (κ2) is 5.81. The van der Waals surface area contributed by atoms with Gasteiger partial charge in [0.1, 0.15) is 4.32 Å². The number of benzene rings is 1. The molecule has 14 heavy (non-hydrogen) atoms. The molecule has 5 heteroatoms. The van der Waals surface area contributed by atoms with Crippen LogP contribution in [0.15, 0.2) is 18.2 Å². The predicted octanol–water partition coefficient (Wildman–Crippen LogP) is 3.73. The maximum Gasteiger partial charge on any atom is 0.133 e. The van der Waals surface area contributed by atoms with Crippen LogP contribution in [0.3, 0.4) is 0 Å². The summed E-state index contributed by atoms with van der Waals surface area (Å²) >= 11 is 18.2. The van der Waals surface area contributed by atoms with Crippen LogP contribution < -0.4 is 5.32 Å². The van der Waals surface area contributed by atoms with Crippen LogP contribution in [0, 0.1) is 0 Å². The van der Waals surface area contributed by atoms with Crippen molar-refractivity contribution in [2.45, 2.75) is 6.54 Å². The molecular weight excluding hydrogens is 257 g/mol. The molecule has 1 N–H and O–H groups in total. The molecule has 76 valence electrons. The van der Waals surface area contributed by atoms with Crippen molar-refractivity contribution in [3.05, 3.63) is 33.8 Å². The fourth-order valence-corrected chi connectivity index (χ4v) is 1.51. The van der Waals surface area contributed by atoms with Gasteiger partial charge in [-0.2, -0.15) is 0 Å². The van der Waals surface area contributed by atoms with Gasteiger partial charge in [-0.05, 0) is 24.0 Å². The highest BCUT2D eigenvalue weighted by Gasteiger charge is 1.99. The second-order valence-electron chi connectivity index (χ2n) is 2.59. The maximum absolute atomic E-state index is 5.87. The quantitative estimate of drug-likeness (QED) is 0.819. The highest BCUT2D eigenvalue weighted by Crippen LogP contribution is 2.22. The normalized spacial score (nSPS) is 9.93. The molecule has 0 saturated heterocycles. The van der Waals surface area contributed by atoms with E-state index in [4.69, 9.17) is 35.4 Å². The minimum atomic E-state index is 0.570. The average Bonchev–Trinajstić information content (AvgIpc) is 2.19. The fraction of sp³-hybridized carbons (Fsp3) is 0.222. The van der Waals surface area contributed by atoms with Crippen molar-refractivity contribution in [3.63, 3.8) is 0 Å². The van der Waals surface area contributed by atoms with E-state index in [0.29, 0.717) is 16.6 Å². The summed E-state index contributed by atoms with van der Waals surface area (Å²) < 4.78 is 0.774. The molecule has 1 nitrogen and oxygen atoms in total. The minimum Gasteiger partial charge on any atom is -0.367 e. The summed E-state index contributed by atoms with van der Waals surface area (Å²) in [6, 6.07) is 5.53. The van der Waals surface area contributed by atoms with Gasteiger partial charge in [0.15, 0.2) is 0 Å². The van der Waals surface area contributed by atoms with Gasteiger partial charge in [0.05, 0.1) is 10.0 Å². The van der Waals surface area contributed by atoms with Crippen molar-refractivity contribution in [2.75, 3.05) is 6.26 Å². The smallest absolute Gasteiger partial charge is 0.133 e. The first kappa shape index (κ1) is 12.1. The molecule has 0 bridgehead atoms. The van der Waals surface area contributed by atoms with Crippen LogP contribution in [0.4, 0.5) is 0 Å². The maximum atomic E-state index is 5.87. The van der Waals surface area contributed by atoms with Gasteiger partial charge in [0, 0.05) is 6.54 Å². The Hall–Kier alpha value is 0.0400. The summed E-state index contributed by atoms with van der Waals surface area (Å²) in [6.45, 7) is 0.677. The van der Waals surface area contributed by atoms with Crippen LogP contribution in [-0.4, -0.2) is 10.6 Å². The van der Waals surface area contributed by atoms with E-state index in [1.807, 2.05) is 18.4 Å². The molecule has 0 heterocycles. The topological polar surface area (TPSA) is 12.0 Å². The first-order chi connectivity index (χ1) is 6.63. The van der Waals surface area contributed by atoms with Gasteiger partial charge in [0.2, 0.25) is 0 Å². The van der Waals surface area contributed by atoms with Crippen molar-refractivity contribution in [2.24, 2.45) is 0 Å². The number of nitrogens with one attached hydrogen (secondary N) is 1. The summed E-state index contributed by atoms with van der Waals surface area (Å²) in [4.78, 5) is 0. The molecule has 0 radical (unpaired) electrons. The molecule has 0 fully saturated rings. The van der Waals surface area contributed by atoms with E-state index in [0.717, 1.165) is 9.88 Å². The highest BCUT2D eigenvalue weighted by atomic mass is 35.5. The Bertz CT molecular complexity index is 342. The van der Waals surface area contributed by atoms with Gasteiger partial charge in [-0.15, -0.1) is 11.8 Å². The average molecular weight is 266 g/mol. The van der Waals surface area contributed by atoms with Crippen LogP contribution >= 0.6 is 47.2 Å². The van der Waals surface area contributed by atoms with Gasteiger partial charge in [-0.25, -0.2) is 0 Å². The van der Waals surface area contributed by atoms with Gasteiger partial charge in [0.25, 0.3) is 0 Å². The molecule has 1 rings (SSSR count). The number of halogens is 2. The first-order valence-electron chi connectivity index (χ1n) is 3.89. The number of hydrogen-bond donors (Lipinski definition) is 1. The second-order valence-corrected chi connectivity index (χ2v) is 4.89. The molecule has 0 unspecified atom stereocenters. The first-order valence-corrected chi connectivity index (χ1v) is 6.28.